The predicted molar refractivity (Wildman–Crippen MR) is 111 cm³/mol. The van der Waals surface area contributed by atoms with Gasteiger partial charge in [-0.25, -0.2) is 0 Å². The van der Waals surface area contributed by atoms with E-state index in [0.29, 0.717) is 6.42 Å². The smallest absolute Gasteiger partial charge is 0.177 e. The van der Waals surface area contributed by atoms with E-state index in [9.17, 15) is 0 Å². The summed E-state index contributed by atoms with van der Waals surface area (Å²) in [7, 11) is 1.83. The second kappa shape index (κ2) is 7.19. The Labute approximate surface area is 163 Å². The molecular formula is C21H21N7. The molecule has 0 N–H and O–H groups in total. The topological polar surface area (TPSA) is 71.6 Å². The lowest BCUT2D eigenvalue weighted by atomic mass is 10.0. The van der Waals surface area contributed by atoms with Gasteiger partial charge in [0.15, 0.2) is 11.5 Å². The second-order valence-corrected chi connectivity index (χ2v) is 6.78. The highest BCUT2D eigenvalue weighted by molar-refractivity contribution is 5.80. The Hall–Kier alpha value is -3.61. The van der Waals surface area contributed by atoms with Crippen molar-refractivity contribution in [1.29, 1.82) is 0 Å². The SMILES string of the molecule is C=NN(C)/C=C(\C)c1ccc2nnc(Cc3cc4cccnc4cc3C)n2n1. The number of nitrogens with zero attached hydrogens (tertiary/aromatic N) is 7. The molecule has 0 aliphatic carbocycles. The Bertz CT molecular complexity index is 1210. The lowest BCUT2D eigenvalue weighted by Gasteiger charge is -2.09. The van der Waals surface area contributed by atoms with Crippen molar-refractivity contribution in [2.75, 3.05) is 7.05 Å². The van der Waals surface area contributed by atoms with Gasteiger partial charge in [-0.05, 0) is 60.9 Å². The van der Waals surface area contributed by atoms with E-state index in [1.165, 1.54) is 11.1 Å². The standard InChI is InChI=1S/C21H21N7/c1-14-10-19-16(6-5-9-23-19)11-17(14)12-21-25-24-20-8-7-18(26-28(20)21)15(2)13-27(4)22-3/h5-11,13H,3,12H2,1-2,4H3/b15-13+. The average molecular weight is 371 g/mol. The number of allylic oxidation sites excluding steroid dienone is 1. The highest BCUT2D eigenvalue weighted by Gasteiger charge is 2.12. The summed E-state index contributed by atoms with van der Waals surface area (Å²) >= 11 is 0. The van der Waals surface area contributed by atoms with Crippen molar-refractivity contribution in [3.05, 3.63) is 71.4 Å². The zero-order chi connectivity index (χ0) is 19.7. The Morgan fingerprint density at radius 2 is 2.11 bits per heavy atom. The third-order valence-electron chi connectivity index (χ3n) is 4.74. The van der Waals surface area contributed by atoms with Crippen LogP contribution in [0.2, 0.25) is 0 Å². The molecule has 0 fully saturated rings. The first-order valence-corrected chi connectivity index (χ1v) is 8.99. The first kappa shape index (κ1) is 17.8. The fraction of sp³-hybridized carbons (Fsp3) is 0.190. The predicted octanol–water partition coefficient (Wildman–Crippen LogP) is 3.48. The van der Waals surface area contributed by atoms with Crippen LogP contribution >= 0.6 is 0 Å². The Morgan fingerprint density at radius 3 is 2.93 bits per heavy atom. The van der Waals surface area contributed by atoms with Gasteiger partial charge >= 0.3 is 0 Å². The molecule has 0 atom stereocenters. The minimum absolute atomic E-state index is 0.644. The highest BCUT2D eigenvalue weighted by atomic mass is 15.4. The summed E-state index contributed by atoms with van der Waals surface area (Å²) in [6.45, 7) is 7.60. The van der Waals surface area contributed by atoms with Gasteiger partial charge in [0.2, 0.25) is 0 Å². The van der Waals surface area contributed by atoms with Crippen LogP contribution in [0, 0.1) is 6.92 Å². The summed E-state index contributed by atoms with van der Waals surface area (Å²) in [5.74, 6) is 0.797. The first-order valence-electron chi connectivity index (χ1n) is 8.99. The maximum Gasteiger partial charge on any atom is 0.177 e. The largest absolute Gasteiger partial charge is 0.276 e. The van der Waals surface area contributed by atoms with Crippen molar-refractivity contribution in [1.82, 2.24) is 29.8 Å². The van der Waals surface area contributed by atoms with E-state index < -0.39 is 0 Å². The van der Waals surface area contributed by atoms with Crippen molar-refractivity contribution >= 4 is 28.8 Å². The van der Waals surface area contributed by atoms with Gasteiger partial charge in [0.25, 0.3) is 0 Å². The maximum absolute atomic E-state index is 4.73. The number of hydrogen-bond donors (Lipinski definition) is 0. The molecule has 0 aliphatic rings. The van der Waals surface area contributed by atoms with Gasteiger partial charge in [-0.3, -0.25) is 9.99 Å². The molecule has 7 nitrogen and oxygen atoms in total. The van der Waals surface area contributed by atoms with E-state index >= 15 is 0 Å². The van der Waals surface area contributed by atoms with Crippen molar-refractivity contribution in [3.8, 4) is 0 Å². The van der Waals surface area contributed by atoms with Crippen LogP contribution < -0.4 is 0 Å². The normalized spacial score (nSPS) is 11.9. The molecular weight excluding hydrogens is 350 g/mol. The molecule has 140 valence electrons. The van der Waals surface area contributed by atoms with Gasteiger partial charge in [0.05, 0.1) is 11.2 Å². The minimum atomic E-state index is 0.644. The van der Waals surface area contributed by atoms with Crippen LogP contribution in [0.5, 0.6) is 0 Å². The second-order valence-electron chi connectivity index (χ2n) is 6.78. The van der Waals surface area contributed by atoms with Crippen molar-refractivity contribution in [2.24, 2.45) is 5.10 Å². The number of hydrazone groups is 1. The van der Waals surface area contributed by atoms with E-state index in [1.54, 1.807) is 9.52 Å². The third kappa shape index (κ3) is 3.34. The van der Waals surface area contributed by atoms with Crippen LogP contribution in [0.25, 0.3) is 22.1 Å². The van der Waals surface area contributed by atoms with Crippen LogP contribution in [0.1, 0.15) is 29.6 Å². The monoisotopic (exact) mass is 371 g/mol. The molecule has 0 spiro atoms. The number of aryl methyl sites for hydroxylation is 1. The van der Waals surface area contributed by atoms with Crippen LogP contribution in [0.15, 0.2) is 53.9 Å². The van der Waals surface area contributed by atoms with Crippen molar-refractivity contribution in [2.45, 2.75) is 20.3 Å². The molecule has 4 aromatic rings. The number of rotatable bonds is 5. The molecule has 0 aliphatic heterocycles. The van der Waals surface area contributed by atoms with Crippen molar-refractivity contribution in [3.63, 3.8) is 0 Å². The van der Waals surface area contributed by atoms with Crippen LogP contribution in [0.4, 0.5) is 0 Å². The molecule has 3 aromatic heterocycles. The Morgan fingerprint density at radius 1 is 1.25 bits per heavy atom. The van der Waals surface area contributed by atoms with E-state index in [-0.39, 0.29) is 0 Å². The molecule has 4 rings (SSSR count). The highest BCUT2D eigenvalue weighted by Crippen LogP contribution is 2.21. The summed E-state index contributed by atoms with van der Waals surface area (Å²) in [6.07, 6.45) is 4.34. The van der Waals surface area contributed by atoms with Gasteiger partial charge in [0, 0.05) is 38.0 Å². The molecule has 7 heteroatoms. The molecule has 0 unspecified atom stereocenters. The molecule has 0 radical (unpaired) electrons. The van der Waals surface area contributed by atoms with Gasteiger partial charge in [-0.15, -0.1) is 10.2 Å². The Balaban J connectivity index is 1.73. The van der Waals surface area contributed by atoms with Crippen LogP contribution in [-0.4, -0.2) is 43.6 Å². The quantitative estimate of drug-likeness (QED) is 0.397. The number of aromatic nitrogens is 5. The number of pyridine rings is 1. The Kier molecular flexibility index (Phi) is 4.57. The third-order valence-corrected chi connectivity index (χ3v) is 4.74. The lowest BCUT2D eigenvalue weighted by molar-refractivity contribution is 0.496. The minimum Gasteiger partial charge on any atom is -0.276 e. The van der Waals surface area contributed by atoms with Gasteiger partial charge in [0.1, 0.15) is 0 Å². The molecule has 3 heterocycles. The molecule has 0 amide bonds. The maximum atomic E-state index is 4.73. The molecule has 0 bridgehead atoms. The average Bonchev–Trinajstić information content (AvgIpc) is 3.10. The van der Waals surface area contributed by atoms with E-state index in [1.807, 2.05) is 44.6 Å². The first-order chi connectivity index (χ1) is 13.5. The zero-order valence-electron chi connectivity index (χ0n) is 16.2. The molecule has 0 saturated carbocycles. The summed E-state index contributed by atoms with van der Waals surface area (Å²) in [4.78, 5) is 4.42. The van der Waals surface area contributed by atoms with Crippen molar-refractivity contribution < 1.29 is 0 Å². The van der Waals surface area contributed by atoms with E-state index in [2.05, 4.69) is 52.1 Å². The summed E-state index contributed by atoms with van der Waals surface area (Å²) in [5.41, 5.74) is 5.89. The molecule has 1 aromatic carbocycles. The zero-order valence-corrected chi connectivity index (χ0v) is 16.2. The van der Waals surface area contributed by atoms with Gasteiger partial charge < -0.3 is 0 Å². The van der Waals surface area contributed by atoms with Crippen LogP contribution in [0.3, 0.4) is 0 Å². The van der Waals surface area contributed by atoms with E-state index in [0.717, 1.165) is 33.6 Å². The molecule has 28 heavy (non-hydrogen) atoms. The number of fused-ring (bicyclic) bond motifs is 2. The fourth-order valence-corrected chi connectivity index (χ4v) is 3.17. The summed E-state index contributed by atoms with van der Waals surface area (Å²) in [5, 5.41) is 20.0. The fourth-order valence-electron chi connectivity index (χ4n) is 3.17. The van der Waals surface area contributed by atoms with Gasteiger partial charge in [-0.1, -0.05) is 6.07 Å². The number of benzene rings is 1. The van der Waals surface area contributed by atoms with E-state index in [4.69, 9.17) is 5.10 Å². The summed E-state index contributed by atoms with van der Waals surface area (Å²) < 4.78 is 1.81. The summed E-state index contributed by atoms with van der Waals surface area (Å²) in [6, 6.07) is 12.2. The van der Waals surface area contributed by atoms with Gasteiger partial charge in [-0.2, -0.15) is 14.7 Å². The molecule has 0 saturated heterocycles. The number of hydrogen-bond acceptors (Lipinski definition) is 6. The van der Waals surface area contributed by atoms with Crippen LogP contribution in [-0.2, 0) is 6.42 Å². The lowest BCUT2D eigenvalue weighted by Crippen LogP contribution is -2.05.